The Morgan fingerprint density at radius 3 is 2.84 bits per heavy atom. The average molecular weight is 524 g/mol. The van der Waals surface area contributed by atoms with E-state index < -0.39 is 17.7 Å². The number of hydrogen-bond acceptors (Lipinski definition) is 7. The Hall–Kier alpha value is -3.96. The summed E-state index contributed by atoms with van der Waals surface area (Å²) in [6, 6.07) is 9.95. The molecule has 3 heterocycles. The van der Waals surface area contributed by atoms with E-state index in [0.29, 0.717) is 49.8 Å². The number of ether oxygens (including phenoxy) is 2. The Morgan fingerprint density at radius 2 is 2.08 bits per heavy atom. The Bertz CT molecular complexity index is 1330. The highest BCUT2D eigenvalue weighted by Gasteiger charge is 2.36. The summed E-state index contributed by atoms with van der Waals surface area (Å²) in [4.78, 5) is 29.5. The summed E-state index contributed by atoms with van der Waals surface area (Å²) >= 11 is 0. The van der Waals surface area contributed by atoms with Gasteiger partial charge in [0.15, 0.2) is 0 Å². The molecule has 0 bridgehead atoms. The van der Waals surface area contributed by atoms with E-state index in [4.69, 9.17) is 9.47 Å². The Balaban J connectivity index is 1.18. The highest BCUT2D eigenvalue weighted by molar-refractivity contribution is 6.00. The number of aromatic nitrogens is 2. The molecule has 5 rings (SSSR count). The summed E-state index contributed by atoms with van der Waals surface area (Å²) < 4.78 is 26.3. The molecule has 2 aliphatic rings. The molecule has 200 valence electrons. The number of nitrogens with zero attached hydrogens (tertiary/aromatic N) is 4. The van der Waals surface area contributed by atoms with E-state index in [1.54, 1.807) is 50.5 Å². The fraction of sp³-hybridized carbons (Fsp3) is 0.370. The minimum Gasteiger partial charge on any atom is -0.492 e. The molecule has 3 aromatic rings. The van der Waals surface area contributed by atoms with Crippen molar-refractivity contribution < 1.29 is 28.6 Å². The molecule has 2 amide bonds. The number of anilines is 1. The number of fused-ring (bicyclic) bond motifs is 1. The quantitative estimate of drug-likeness (QED) is 0.488. The van der Waals surface area contributed by atoms with Crippen LogP contribution in [0, 0.1) is 5.82 Å². The van der Waals surface area contributed by atoms with E-state index >= 15 is 0 Å². The number of likely N-dealkylation sites (tertiary alicyclic amines) is 1. The number of halogens is 1. The molecule has 2 aliphatic heterocycles. The standard InChI is InChI=1S/C27H30FN5O5/c1-27(36)16-32(17-27)8-9-37-21-6-7-24-23(12-21)31(2)25(34)22(15-38-24)30-26(35)33-14-19(13-29-33)10-18-4-3-5-20(28)11-18/h3-7,11-14,22,36H,8-10,15-17H2,1-2H3,(H,30,35)/t22-/m0/s1. The van der Waals surface area contributed by atoms with E-state index in [2.05, 4.69) is 15.3 Å². The fourth-order valence-electron chi connectivity index (χ4n) is 4.70. The van der Waals surface area contributed by atoms with Crippen LogP contribution in [-0.2, 0) is 11.2 Å². The van der Waals surface area contributed by atoms with Gasteiger partial charge in [0.1, 0.15) is 36.6 Å². The van der Waals surface area contributed by atoms with Gasteiger partial charge in [-0.1, -0.05) is 12.1 Å². The maximum Gasteiger partial charge on any atom is 0.342 e. The van der Waals surface area contributed by atoms with Gasteiger partial charge < -0.3 is 24.8 Å². The third-order valence-electron chi connectivity index (χ3n) is 6.57. The van der Waals surface area contributed by atoms with Crippen molar-refractivity contribution in [1.29, 1.82) is 0 Å². The third-order valence-corrected chi connectivity index (χ3v) is 6.57. The van der Waals surface area contributed by atoms with Gasteiger partial charge in [-0.2, -0.15) is 9.78 Å². The van der Waals surface area contributed by atoms with Crippen molar-refractivity contribution in [2.24, 2.45) is 0 Å². The van der Waals surface area contributed by atoms with E-state index in [1.165, 1.54) is 23.2 Å². The Morgan fingerprint density at radius 1 is 1.26 bits per heavy atom. The zero-order valence-corrected chi connectivity index (χ0v) is 21.3. The van der Waals surface area contributed by atoms with E-state index in [-0.39, 0.29) is 18.3 Å². The van der Waals surface area contributed by atoms with Crippen molar-refractivity contribution in [3.05, 3.63) is 71.8 Å². The summed E-state index contributed by atoms with van der Waals surface area (Å²) in [6.45, 7) is 4.12. The highest BCUT2D eigenvalue weighted by atomic mass is 19.1. The summed E-state index contributed by atoms with van der Waals surface area (Å²) in [6.07, 6.45) is 3.49. The van der Waals surface area contributed by atoms with E-state index in [9.17, 15) is 19.1 Å². The van der Waals surface area contributed by atoms with Gasteiger partial charge >= 0.3 is 6.03 Å². The van der Waals surface area contributed by atoms with Crippen molar-refractivity contribution in [2.75, 3.05) is 44.8 Å². The second-order valence-electron chi connectivity index (χ2n) is 10.00. The third kappa shape index (κ3) is 5.79. The maximum atomic E-state index is 13.5. The first-order valence-corrected chi connectivity index (χ1v) is 12.4. The monoisotopic (exact) mass is 523 g/mol. The van der Waals surface area contributed by atoms with Crippen molar-refractivity contribution in [2.45, 2.75) is 25.0 Å². The molecule has 2 aromatic carbocycles. The summed E-state index contributed by atoms with van der Waals surface area (Å²) in [5, 5.41) is 16.6. The number of carbonyl (C=O) groups excluding carboxylic acids is 2. The molecule has 1 atom stereocenters. The SMILES string of the molecule is CN1C(=O)[C@@H](NC(=O)n2cc(Cc3cccc(F)c3)cn2)COc2ccc(OCCN3CC(C)(O)C3)cc21. The van der Waals surface area contributed by atoms with Crippen LogP contribution in [0.4, 0.5) is 14.9 Å². The number of benzene rings is 2. The van der Waals surface area contributed by atoms with Crippen molar-refractivity contribution in [3.8, 4) is 11.5 Å². The van der Waals surface area contributed by atoms with Gasteiger partial charge in [0.05, 0.1) is 17.5 Å². The van der Waals surface area contributed by atoms with Gasteiger partial charge in [0, 0.05) is 45.4 Å². The van der Waals surface area contributed by atoms with Gasteiger partial charge in [-0.25, -0.2) is 9.18 Å². The lowest BCUT2D eigenvalue weighted by Gasteiger charge is -2.44. The minimum atomic E-state index is -0.931. The molecule has 11 heteroatoms. The van der Waals surface area contributed by atoms with Crippen LogP contribution in [0.3, 0.4) is 0 Å². The van der Waals surface area contributed by atoms with Crippen LogP contribution in [0.15, 0.2) is 54.9 Å². The zero-order chi connectivity index (χ0) is 26.9. The first kappa shape index (κ1) is 25.7. The predicted octanol–water partition coefficient (Wildman–Crippen LogP) is 2.04. The molecule has 0 saturated carbocycles. The number of nitrogens with one attached hydrogen (secondary N) is 1. The molecule has 1 aromatic heterocycles. The molecular weight excluding hydrogens is 493 g/mol. The van der Waals surface area contributed by atoms with Crippen LogP contribution in [-0.4, -0.2) is 83.3 Å². The molecule has 0 spiro atoms. The molecule has 0 unspecified atom stereocenters. The molecular formula is C27H30FN5O5. The molecule has 2 N–H and O–H groups in total. The number of carbonyl (C=O) groups is 2. The lowest BCUT2D eigenvalue weighted by molar-refractivity contribution is -0.120. The Kier molecular flexibility index (Phi) is 7.04. The van der Waals surface area contributed by atoms with Gasteiger partial charge in [-0.3, -0.25) is 9.69 Å². The lowest BCUT2D eigenvalue weighted by Crippen LogP contribution is -2.60. The van der Waals surface area contributed by atoms with Crippen LogP contribution < -0.4 is 19.7 Å². The van der Waals surface area contributed by atoms with Crippen molar-refractivity contribution in [3.63, 3.8) is 0 Å². The Labute approximate surface area is 219 Å². The number of aliphatic hydroxyl groups is 1. The first-order chi connectivity index (χ1) is 18.2. The number of likely N-dealkylation sites (N-methyl/N-ethyl adjacent to an activating group) is 1. The molecule has 38 heavy (non-hydrogen) atoms. The average Bonchev–Trinajstić information content (AvgIpc) is 3.29. The smallest absolute Gasteiger partial charge is 0.342 e. The van der Waals surface area contributed by atoms with Gasteiger partial charge in [0.2, 0.25) is 0 Å². The van der Waals surface area contributed by atoms with Crippen molar-refractivity contribution >= 4 is 17.6 Å². The minimum absolute atomic E-state index is 0.0472. The van der Waals surface area contributed by atoms with Crippen LogP contribution in [0.1, 0.15) is 18.1 Å². The first-order valence-electron chi connectivity index (χ1n) is 12.4. The van der Waals surface area contributed by atoms with Crippen LogP contribution in [0.5, 0.6) is 11.5 Å². The summed E-state index contributed by atoms with van der Waals surface area (Å²) in [7, 11) is 1.62. The van der Waals surface area contributed by atoms with Gasteiger partial charge in [-0.15, -0.1) is 0 Å². The van der Waals surface area contributed by atoms with Gasteiger partial charge in [0.25, 0.3) is 5.91 Å². The molecule has 1 fully saturated rings. The largest absolute Gasteiger partial charge is 0.492 e. The number of hydrogen-bond donors (Lipinski definition) is 2. The highest BCUT2D eigenvalue weighted by Crippen LogP contribution is 2.34. The van der Waals surface area contributed by atoms with Crippen LogP contribution >= 0.6 is 0 Å². The molecule has 1 saturated heterocycles. The normalized spacial score (nSPS) is 18.7. The molecule has 0 aliphatic carbocycles. The predicted molar refractivity (Wildman–Crippen MR) is 137 cm³/mol. The molecule has 0 radical (unpaired) electrons. The summed E-state index contributed by atoms with van der Waals surface area (Å²) in [5.41, 5.74) is 1.39. The topological polar surface area (TPSA) is 109 Å². The lowest BCUT2D eigenvalue weighted by atomic mass is 9.97. The fourth-order valence-corrected chi connectivity index (χ4v) is 4.70. The van der Waals surface area contributed by atoms with Crippen molar-refractivity contribution in [1.82, 2.24) is 20.0 Å². The van der Waals surface area contributed by atoms with E-state index in [0.717, 1.165) is 15.8 Å². The van der Waals surface area contributed by atoms with Gasteiger partial charge in [-0.05, 0) is 42.3 Å². The number of rotatable bonds is 7. The summed E-state index contributed by atoms with van der Waals surface area (Å²) in [5.74, 6) is 0.415. The van der Waals surface area contributed by atoms with Crippen LogP contribution in [0.25, 0.3) is 0 Å². The molecule has 10 nitrogen and oxygen atoms in total. The second kappa shape index (κ2) is 10.4. The maximum absolute atomic E-state index is 13.5. The van der Waals surface area contributed by atoms with E-state index in [1.807, 2.05) is 0 Å². The number of amides is 2. The number of β-amino-alcohol motifs (C(OH)–C–C–N with tert-alkyl or cyclic N) is 1. The second-order valence-corrected chi connectivity index (χ2v) is 10.00. The van der Waals surface area contributed by atoms with Crippen LogP contribution in [0.2, 0.25) is 0 Å². The zero-order valence-electron chi connectivity index (χ0n) is 21.3.